The quantitative estimate of drug-likeness (QED) is 0.511. The first kappa shape index (κ1) is 11.9. The molecule has 3 rings (SSSR count). The van der Waals surface area contributed by atoms with Crippen LogP contribution in [-0.4, -0.2) is 14.4 Å². The highest BCUT2D eigenvalue weighted by Crippen LogP contribution is 2.22. The summed E-state index contributed by atoms with van der Waals surface area (Å²) in [7, 11) is 0. The fraction of sp³-hybridized carbons (Fsp3) is 0. The second-order valence-corrected chi connectivity index (χ2v) is 4.82. The molecule has 2 aromatic heterocycles. The SMILES string of the molecule is NNc1cn2ccnc2c(Nc2ccc(Br)cc2)n1. The minimum Gasteiger partial charge on any atom is -0.337 e. The molecule has 0 spiro atoms. The molecule has 0 unspecified atom stereocenters. The van der Waals surface area contributed by atoms with Crippen LogP contribution in [-0.2, 0) is 0 Å². The van der Waals surface area contributed by atoms with Gasteiger partial charge in [-0.25, -0.2) is 15.8 Å². The van der Waals surface area contributed by atoms with Crippen LogP contribution in [0.4, 0.5) is 17.3 Å². The minimum atomic E-state index is 0.560. The zero-order chi connectivity index (χ0) is 13.2. The summed E-state index contributed by atoms with van der Waals surface area (Å²) in [6, 6.07) is 7.81. The molecule has 6 nitrogen and oxygen atoms in total. The number of hydrogen-bond acceptors (Lipinski definition) is 5. The number of fused-ring (bicyclic) bond motifs is 1. The van der Waals surface area contributed by atoms with Crippen molar-refractivity contribution in [2.24, 2.45) is 5.84 Å². The van der Waals surface area contributed by atoms with E-state index in [9.17, 15) is 0 Å². The largest absolute Gasteiger partial charge is 0.337 e. The average Bonchev–Trinajstić information content (AvgIpc) is 2.89. The molecule has 4 N–H and O–H groups in total. The van der Waals surface area contributed by atoms with E-state index in [4.69, 9.17) is 5.84 Å². The number of nitrogens with zero attached hydrogens (tertiary/aromatic N) is 3. The van der Waals surface area contributed by atoms with Gasteiger partial charge in [-0.05, 0) is 24.3 Å². The Bertz CT molecular complexity index is 706. The van der Waals surface area contributed by atoms with E-state index >= 15 is 0 Å². The maximum absolute atomic E-state index is 5.41. The molecule has 0 atom stereocenters. The van der Waals surface area contributed by atoms with Gasteiger partial charge in [0.1, 0.15) is 0 Å². The Morgan fingerprint density at radius 1 is 1.21 bits per heavy atom. The van der Waals surface area contributed by atoms with E-state index in [1.54, 1.807) is 12.4 Å². The first-order chi connectivity index (χ1) is 9.26. The number of aromatic nitrogens is 3. The van der Waals surface area contributed by atoms with Gasteiger partial charge in [0.25, 0.3) is 0 Å². The van der Waals surface area contributed by atoms with Crippen LogP contribution in [0.3, 0.4) is 0 Å². The molecule has 0 saturated carbocycles. The summed E-state index contributed by atoms with van der Waals surface area (Å²) >= 11 is 3.40. The van der Waals surface area contributed by atoms with Crippen LogP contribution in [0.15, 0.2) is 47.3 Å². The van der Waals surface area contributed by atoms with Gasteiger partial charge in [-0.2, -0.15) is 0 Å². The molecular formula is C12H11BrN6. The maximum atomic E-state index is 5.41. The Labute approximate surface area is 117 Å². The van der Waals surface area contributed by atoms with Crippen molar-refractivity contribution < 1.29 is 0 Å². The minimum absolute atomic E-state index is 0.560. The van der Waals surface area contributed by atoms with E-state index in [-0.39, 0.29) is 0 Å². The molecule has 0 fully saturated rings. The fourth-order valence-corrected chi connectivity index (χ4v) is 2.02. The summed E-state index contributed by atoms with van der Waals surface area (Å²) in [5, 5.41) is 3.22. The lowest BCUT2D eigenvalue weighted by Crippen LogP contribution is -2.11. The molecule has 0 saturated heterocycles. The predicted molar refractivity (Wildman–Crippen MR) is 78.2 cm³/mol. The monoisotopic (exact) mass is 318 g/mol. The van der Waals surface area contributed by atoms with E-state index in [0.717, 1.165) is 15.8 Å². The molecule has 1 aromatic carbocycles. The molecule has 7 heteroatoms. The van der Waals surface area contributed by atoms with Crippen LogP contribution >= 0.6 is 15.9 Å². The second kappa shape index (κ2) is 4.87. The number of nitrogens with two attached hydrogens (primary N) is 1. The number of nitrogen functional groups attached to an aromatic ring is 1. The van der Waals surface area contributed by atoms with Crippen molar-refractivity contribution in [3.05, 3.63) is 47.3 Å². The summed E-state index contributed by atoms with van der Waals surface area (Å²) in [4.78, 5) is 8.63. The van der Waals surface area contributed by atoms with Gasteiger partial charge in [-0.15, -0.1) is 0 Å². The van der Waals surface area contributed by atoms with Gasteiger partial charge < -0.3 is 15.1 Å². The van der Waals surface area contributed by atoms with E-state index in [1.165, 1.54) is 0 Å². The maximum Gasteiger partial charge on any atom is 0.180 e. The number of hydrogen-bond donors (Lipinski definition) is 3. The van der Waals surface area contributed by atoms with Gasteiger partial charge in [0.2, 0.25) is 0 Å². The molecule has 0 aliphatic rings. The number of imidazole rings is 1. The van der Waals surface area contributed by atoms with Gasteiger partial charge >= 0.3 is 0 Å². The summed E-state index contributed by atoms with van der Waals surface area (Å²) in [6.07, 6.45) is 5.32. The highest BCUT2D eigenvalue weighted by molar-refractivity contribution is 9.10. The molecule has 0 aliphatic heterocycles. The van der Waals surface area contributed by atoms with Crippen LogP contribution in [0.2, 0.25) is 0 Å². The van der Waals surface area contributed by atoms with E-state index in [2.05, 4.69) is 36.6 Å². The van der Waals surface area contributed by atoms with E-state index < -0.39 is 0 Å². The van der Waals surface area contributed by atoms with Crippen molar-refractivity contribution in [2.45, 2.75) is 0 Å². The third-order valence-corrected chi connectivity index (χ3v) is 3.16. The average molecular weight is 319 g/mol. The third-order valence-electron chi connectivity index (χ3n) is 2.63. The molecule has 19 heavy (non-hydrogen) atoms. The summed E-state index contributed by atoms with van der Waals surface area (Å²) < 4.78 is 2.87. The van der Waals surface area contributed by atoms with Crippen LogP contribution < -0.4 is 16.6 Å². The van der Waals surface area contributed by atoms with Gasteiger partial charge in [0.05, 0.1) is 6.20 Å². The van der Waals surface area contributed by atoms with Crippen LogP contribution in [0, 0.1) is 0 Å². The zero-order valence-electron chi connectivity index (χ0n) is 9.84. The topological polar surface area (TPSA) is 80.3 Å². The number of hydrazine groups is 1. The Morgan fingerprint density at radius 2 is 2.00 bits per heavy atom. The number of nitrogens with one attached hydrogen (secondary N) is 2. The third kappa shape index (κ3) is 2.38. The molecule has 96 valence electrons. The molecule has 0 amide bonds. The Hall–Kier alpha value is -2.12. The van der Waals surface area contributed by atoms with Crippen molar-refractivity contribution in [2.75, 3.05) is 10.7 Å². The van der Waals surface area contributed by atoms with Crippen LogP contribution in [0.25, 0.3) is 5.65 Å². The van der Waals surface area contributed by atoms with Crippen molar-refractivity contribution >= 4 is 38.9 Å². The number of benzene rings is 1. The summed E-state index contributed by atoms with van der Waals surface area (Å²) in [6.45, 7) is 0. The zero-order valence-corrected chi connectivity index (χ0v) is 11.4. The van der Waals surface area contributed by atoms with Gasteiger partial charge in [-0.3, -0.25) is 0 Å². The molecule has 0 aliphatic carbocycles. The molecule has 2 heterocycles. The normalized spacial score (nSPS) is 10.6. The van der Waals surface area contributed by atoms with Crippen LogP contribution in [0.1, 0.15) is 0 Å². The summed E-state index contributed by atoms with van der Waals surface area (Å²) in [5.41, 5.74) is 4.20. The predicted octanol–water partition coefficient (Wildman–Crippen LogP) is 2.52. The Kier molecular flexibility index (Phi) is 3.06. The Balaban J connectivity index is 2.03. The smallest absolute Gasteiger partial charge is 0.180 e. The van der Waals surface area contributed by atoms with Crippen molar-refractivity contribution in [1.82, 2.24) is 14.4 Å². The van der Waals surface area contributed by atoms with Crippen molar-refractivity contribution in [1.29, 1.82) is 0 Å². The lowest BCUT2D eigenvalue weighted by atomic mass is 10.3. The second-order valence-electron chi connectivity index (χ2n) is 3.91. The molecule has 0 bridgehead atoms. The molecule has 3 aromatic rings. The lowest BCUT2D eigenvalue weighted by molar-refractivity contribution is 1.11. The number of rotatable bonds is 3. The van der Waals surface area contributed by atoms with Gasteiger partial charge in [-0.1, -0.05) is 15.9 Å². The molecular weight excluding hydrogens is 308 g/mol. The van der Waals surface area contributed by atoms with Crippen molar-refractivity contribution in [3.8, 4) is 0 Å². The van der Waals surface area contributed by atoms with Crippen molar-refractivity contribution in [3.63, 3.8) is 0 Å². The van der Waals surface area contributed by atoms with Gasteiger partial charge in [0, 0.05) is 22.6 Å². The highest BCUT2D eigenvalue weighted by atomic mass is 79.9. The van der Waals surface area contributed by atoms with Gasteiger partial charge in [0.15, 0.2) is 17.3 Å². The highest BCUT2D eigenvalue weighted by Gasteiger charge is 2.07. The summed E-state index contributed by atoms with van der Waals surface area (Å²) in [5.74, 6) is 6.61. The van der Waals surface area contributed by atoms with E-state index in [1.807, 2.05) is 34.9 Å². The Morgan fingerprint density at radius 3 is 2.74 bits per heavy atom. The number of halogens is 1. The fourth-order valence-electron chi connectivity index (χ4n) is 1.76. The lowest BCUT2D eigenvalue weighted by Gasteiger charge is -2.09. The first-order valence-electron chi connectivity index (χ1n) is 5.59. The standard InChI is InChI=1S/C12H11BrN6/c13-8-1-3-9(4-2-8)16-11-12-15-5-6-19(12)7-10(17-11)18-14/h1-7,18H,14H2,(H,16,17). The van der Waals surface area contributed by atoms with E-state index in [0.29, 0.717) is 11.6 Å². The number of anilines is 3. The molecule has 0 radical (unpaired) electrons. The first-order valence-corrected chi connectivity index (χ1v) is 6.38. The van der Waals surface area contributed by atoms with Crippen LogP contribution in [0.5, 0.6) is 0 Å².